The molecule has 0 radical (unpaired) electrons. The van der Waals surface area contributed by atoms with Gasteiger partial charge in [0.25, 0.3) is 0 Å². The molecule has 0 aliphatic carbocycles. The lowest BCUT2D eigenvalue weighted by atomic mass is 10.0. The fourth-order valence-corrected chi connectivity index (χ4v) is 2.85. The fourth-order valence-electron chi connectivity index (χ4n) is 2.59. The van der Waals surface area contributed by atoms with E-state index >= 15 is 0 Å². The molecule has 0 fully saturated rings. The van der Waals surface area contributed by atoms with Crippen molar-refractivity contribution < 1.29 is 19.0 Å². The molecule has 3 rings (SSSR count). The van der Waals surface area contributed by atoms with Crippen LogP contribution in [0.15, 0.2) is 40.9 Å². The first-order valence-corrected chi connectivity index (χ1v) is 8.33. The number of carbonyl (C=O) groups is 1. The van der Waals surface area contributed by atoms with Gasteiger partial charge in [0.15, 0.2) is 6.10 Å². The van der Waals surface area contributed by atoms with Gasteiger partial charge in [0.2, 0.25) is 5.78 Å². The van der Waals surface area contributed by atoms with Crippen LogP contribution in [0, 0.1) is 0 Å². The predicted molar refractivity (Wildman–Crippen MR) is 90.6 cm³/mol. The number of fused-ring (bicyclic) bond motifs is 1. The van der Waals surface area contributed by atoms with Gasteiger partial charge in [0, 0.05) is 22.2 Å². The van der Waals surface area contributed by atoms with Gasteiger partial charge in [-0.3, -0.25) is 4.79 Å². The lowest BCUT2D eigenvalue weighted by Crippen LogP contribution is -2.11. The first-order chi connectivity index (χ1) is 11.1. The van der Waals surface area contributed by atoms with Crippen molar-refractivity contribution in [3.8, 4) is 17.2 Å². The van der Waals surface area contributed by atoms with Crippen LogP contribution in [0.25, 0.3) is 0 Å². The van der Waals surface area contributed by atoms with Gasteiger partial charge in [0.05, 0.1) is 13.2 Å². The van der Waals surface area contributed by atoms with Crippen molar-refractivity contribution >= 4 is 21.7 Å². The van der Waals surface area contributed by atoms with Gasteiger partial charge in [-0.2, -0.15) is 0 Å². The lowest BCUT2D eigenvalue weighted by molar-refractivity contribution is 0.0856. The Balaban J connectivity index is 2.00. The Kier molecular flexibility index (Phi) is 4.57. The Labute approximate surface area is 143 Å². The van der Waals surface area contributed by atoms with Crippen molar-refractivity contribution in [2.45, 2.75) is 20.0 Å². The van der Waals surface area contributed by atoms with E-state index in [2.05, 4.69) is 15.9 Å². The van der Waals surface area contributed by atoms with E-state index in [4.69, 9.17) is 14.2 Å². The number of rotatable bonds is 5. The summed E-state index contributed by atoms with van der Waals surface area (Å²) in [5, 5.41) is 0. The molecule has 0 N–H and O–H groups in total. The Morgan fingerprint density at radius 3 is 2.43 bits per heavy atom. The number of hydrogen-bond acceptors (Lipinski definition) is 4. The molecule has 0 bridgehead atoms. The molecule has 23 heavy (non-hydrogen) atoms. The number of ketones is 1. The molecular weight excluding hydrogens is 360 g/mol. The smallest absolute Gasteiger partial charge is 0.215 e. The second-order valence-corrected chi connectivity index (χ2v) is 5.99. The summed E-state index contributed by atoms with van der Waals surface area (Å²) < 4.78 is 18.0. The van der Waals surface area contributed by atoms with Crippen molar-refractivity contribution in [3.63, 3.8) is 0 Å². The van der Waals surface area contributed by atoms with E-state index in [-0.39, 0.29) is 5.78 Å². The van der Waals surface area contributed by atoms with Gasteiger partial charge < -0.3 is 14.2 Å². The third-order valence-electron chi connectivity index (χ3n) is 3.55. The number of ether oxygens (including phenoxy) is 3. The highest BCUT2D eigenvalue weighted by molar-refractivity contribution is 9.10. The summed E-state index contributed by atoms with van der Waals surface area (Å²) in [6.45, 7) is 4.79. The van der Waals surface area contributed by atoms with Crippen LogP contribution in [0.5, 0.6) is 17.2 Å². The molecule has 2 aromatic carbocycles. The average Bonchev–Trinajstić information content (AvgIpc) is 2.86. The molecule has 4 nitrogen and oxygen atoms in total. The maximum Gasteiger partial charge on any atom is 0.215 e. The van der Waals surface area contributed by atoms with Crippen LogP contribution in [-0.4, -0.2) is 19.0 Å². The van der Waals surface area contributed by atoms with E-state index in [1.165, 1.54) is 0 Å². The van der Waals surface area contributed by atoms with Crippen molar-refractivity contribution in [2.24, 2.45) is 0 Å². The zero-order chi connectivity index (χ0) is 16.4. The maximum atomic E-state index is 12.8. The third-order valence-corrected chi connectivity index (χ3v) is 4.08. The second-order valence-electron chi connectivity index (χ2n) is 5.07. The summed E-state index contributed by atoms with van der Waals surface area (Å²) in [6.07, 6.45) is -0.644. The van der Waals surface area contributed by atoms with Crippen LogP contribution in [0.1, 0.15) is 35.9 Å². The summed E-state index contributed by atoms with van der Waals surface area (Å²) in [4.78, 5) is 12.8. The monoisotopic (exact) mass is 376 g/mol. The summed E-state index contributed by atoms with van der Waals surface area (Å²) in [7, 11) is 0. The number of hydrogen-bond donors (Lipinski definition) is 0. The first kappa shape index (κ1) is 15.9. The van der Waals surface area contributed by atoms with Gasteiger partial charge in [-0.1, -0.05) is 28.1 Å². The summed E-state index contributed by atoms with van der Waals surface area (Å²) in [5.41, 5.74) is 1.30. The quantitative estimate of drug-likeness (QED) is 0.766. The highest BCUT2D eigenvalue weighted by Crippen LogP contribution is 2.44. The van der Waals surface area contributed by atoms with Crippen LogP contribution in [-0.2, 0) is 0 Å². The minimum Gasteiger partial charge on any atom is -0.494 e. The van der Waals surface area contributed by atoms with Crippen molar-refractivity contribution in [1.82, 2.24) is 0 Å². The van der Waals surface area contributed by atoms with Crippen LogP contribution >= 0.6 is 15.9 Å². The van der Waals surface area contributed by atoms with Crippen molar-refractivity contribution in [3.05, 3.63) is 52.0 Å². The predicted octanol–water partition coefficient (Wildman–Crippen LogP) is 4.56. The average molecular weight is 377 g/mol. The number of halogens is 1. The summed E-state index contributed by atoms with van der Waals surface area (Å²) in [5.74, 6) is 1.57. The van der Waals surface area contributed by atoms with Crippen molar-refractivity contribution in [1.29, 1.82) is 0 Å². The standard InChI is InChI=1S/C18H17BrO4/c1-3-21-13-9-14(22-4-2)16-15(10-13)23-18(17(16)20)11-5-7-12(19)8-6-11/h5-10,18H,3-4H2,1-2H3. The van der Waals surface area contributed by atoms with E-state index in [9.17, 15) is 4.79 Å². The lowest BCUT2D eigenvalue weighted by Gasteiger charge is -2.10. The second kappa shape index (κ2) is 6.62. The van der Waals surface area contributed by atoms with Gasteiger partial charge in [0.1, 0.15) is 22.8 Å². The SMILES string of the molecule is CCOc1cc(OCC)c2c(c1)OC(c1ccc(Br)cc1)C2=O. The Morgan fingerprint density at radius 1 is 1.09 bits per heavy atom. The molecular formula is C18H17BrO4. The first-order valence-electron chi connectivity index (χ1n) is 7.54. The number of carbonyl (C=O) groups excluding carboxylic acids is 1. The normalized spacial score (nSPS) is 16.0. The zero-order valence-corrected chi connectivity index (χ0v) is 14.6. The largest absolute Gasteiger partial charge is 0.494 e. The van der Waals surface area contributed by atoms with Crippen LogP contribution < -0.4 is 14.2 Å². The maximum absolute atomic E-state index is 12.8. The van der Waals surface area contributed by atoms with E-state index in [0.29, 0.717) is 36.0 Å². The molecule has 2 aromatic rings. The molecule has 1 unspecified atom stereocenters. The molecule has 0 amide bonds. The van der Waals surface area contributed by atoms with E-state index in [0.717, 1.165) is 10.0 Å². The van der Waals surface area contributed by atoms with Crippen molar-refractivity contribution in [2.75, 3.05) is 13.2 Å². The van der Waals surface area contributed by atoms with Gasteiger partial charge in [-0.25, -0.2) is 0 Å². The molecule has 1 aliphatic rings. The number of Topliss-reactive ketones (excluding diaryl/α,β-unsaturated/α-hetero) is 1. The summed E-state index contributed by atoms with van der Waals surface area (Å²) in [6, 6.07) is 11.0. The molecule has 1 aliphatic heterocycles. The fraction of sp³-hybridized carbons (Fsp3) is 0.278. The van der Waals surface area contributed by atoms with Crippen LogP contribution in [0.4, 0.5) is 0 Å². The number of benzene rings is 2. The minimum atomic E-state index is -0.644. The molecule has 1 heterocycles. The highest BCUT2D eigenvalue weighted by Gasteiger charge is 2.37. The van der Waals surface area contributed by atoms with E-state index in [1.54, 1.807) is 12.1 Å². The van der Waals surface area contributed by atoms with Gasteiger partial charge >= 0.3 is 0 Å². The molecule has 5 heteroatoms. The topological polar surface area (TPSA) is 44.8 Å². The highest BCUT2D eigenvalue weighted by atomic mass is 79.9. The third kappa shape index (κ3) is 3.06. The molecule has 0 spiro atoms. The van der Waals surface area contributed by atoms with Gasteiger partial charge in [-0.05, 0) is 26.0 Å². The Bertz CT molecular complexity index is 725. The van der Waals surface area contributed by atoms with E-state index in [1.807, 2.05) is 38.1 Å². The Morgan fingerprint density at radius 2 is 1.78 bits per heavy atom. The van der Waals surface area contributed by atoms with Crippen LogP contribution in [0.2, 0.25) is 0 Å². The molecule has 0 saturated heterocycles. The van der Waals surface area contributed by atoms with Gasteiger partial charge in [-0.15, -0.1) is 0 Å². The molecule has 0 saturated carbocycles. The Hall–Kier alpha value is -2.01. The summed E-state index contributed by atoms with van der Waals surface area (Å²) >= 11 is 3.39. The molecule has 1 atom stereocenters. The van der Waals surface area contributed by atoms with E-state index < -0.39 is 6.10 Å². The zero-order valence-electron chi connectivity index (χ0n) is 13.0. The van der Waals surface area contributed by atoms with Crippen LogP contribution in [0.3, 0.4) is 0 Å². The minimum absolute atomic E-state index is 0.0891. The molecule has 120 valence electrons. The molecule has 0 aromatic heterocycles.